The van der Waals surface area contributed by atoms with Gasteiger partial charge in [0.25, 0.3) is 0 Å². The maximum Gasteiger partial charge on any atom is 0.166 e. The first-order chi connectivity index (χ1) is 10.8. The second kappa shape index (κ2) is 7.66. The number of thiocarbonyl (C=S) groups is 1. The van der Waals surface area contributed by atoms with Gasteiger partial charge in [0.15, 0.2) is 5.11 Å². The van der Waals surface area contributed by atoms with Crippen LogP contribution in [0.25, 0.3) is 0 Å². The zero-order valence-electron chi connectivity index (χ0n) is 13.6. The van der Waals surface area contributed by atoms with Crippen molar-refractivity contribution in [2.45, 2.75) is 51.0 Å². The Kier molecular flexibility index (Phi) is 5.60. The van der Waals surface area contributed by atoms with Crippen molar-refractivity contribution in [2.24, 2.45) is 17.8 Å². The van der Waals surface area contributed by atoms with Gasteiger partial charge in [0.05, 0.1) is 25.6 Å². The third kappa shape index (κ3) is 3.94. The molecule has 4 rings (SSSR count). The molecule has 0 amide bonds. The minimum atomic E-state index is 0.511. The van der Waals surface area contributed by atoms with Crippen LogP contribution in [-0.2, 0) is 0 Å². The van der Waals surface area contributed by atoms with Gasteiger partial charge in [-0.15, -0.1) is 6.42 Å². The summed E-state index contributed by atoms with van der Waals surface area (Å²) in [5.41, 5.74) is 0. The Labute approximate surface area is 140 Å². The van der Waals surface area contributed by atoms with Crippen molar-refractivity contribution < 1.29 is 4.90 Å². The second-order valence-corrected chi connectivity index (χ2v) is 7.87. The molecular weight excluding hydrogens is 290 g/mol. The van der Waals surface area contributed by atoms with Crippen LogP contribution >= 0.6 is 12.2 Å². The van der Waals surface area contributed by atoms with Crippen molar-refractivity contribution >= 4 is 17.3 Å². The maximum atomic E-state index is 5.66. The van der Waals surface area contributed by atoms with Gasteiger partial charge in [0.1, 0.15) is 6.04 Å². The van der Waals surface area contributed by atoms with Crippen molar-refractivity contribution in [3.05, 3.63) is 0 Å². The summed E-state index contributed by atoms with van der Waals surface area (Å²) in [5, 5.41) is 7.74. The Morgan fingerprint density at radius 2 is 1.91 bits per heavy atom. The van der Waals surface area contributed by atoms with Gasteiger partial charge in [0, 0.05) is 19.4 Å². The third-order valence-electron chi connectivity index (χ3n) is 6.05. The highest BCUT2D eigenvalue weighted by atomic mass is 32.1. The van der Waals surface area contributed by atoms with Crippen molar-refractivity contribution in [1.29, 1.82) is 0 Å². The van der Waals surface area contributed by atoms with Crippen LogP contribution in [0.5, 0.6) is 0 Å². The monoisotopic (exact) mass is 320 g/mol. The molecule has 1 unspecified atom stereocenters. The molecule has 3 heterocycles. The van der Waals surface area contributed by atoms with E-state index in [4.69, 9.17) is 18.6 Å². The van der Waals surface area contributed by atoms with Gasteiger partial charge in [-0.2, -0.15) is 0 Å². The van der Waals surface area contributed by atoms with Gasteiger partial charge >= 0.3 is 0 Å². The van der Waals surface area contributed by atoms with Crippen LogP contribution < -0.4 is 15.5 Å². The molecule has 0 radical (unpaired) electrons. The number of quaternary nitrogens is 1. The molecule has 3 saturated heterocycles. The smallest absolute Gasteiger partial charge is 0.166 e. The maximum absolute atomic E-state index is 5.66. The van der Waals surface area contributed by atoms with E-state index in [0.29, 0.717) is 12.0 Å². The Balaban J connectivity index is 1.36. The Morgan fingerprint density at radius 1 is 1.14 bits per heavy atom. The molecule has 0 aromatic rings. The van der Waals surface area contributed by atoms with Gasteiger partial charge in [-0.05, 0) is 36.9 Å². The molecule has 122 valence electrons. The fourth-order valence-corrected chi connectivity index (χ4v) is 4.80. The van der Waals surface area contributed by atoms with Gasteiger partial charge in [-0.25, -0.2) is 0 Å². The van der Waals surface area contributed by atoms with E-state index in [1.165, 1.54) is 51.5 Å². The summed E-state index contributed by atoms with van der Waals surface area (Å²) in [6.45, 7) is 4.50. The molecule has 1 saturated carbocycles. The van der Waals surface area contributed by atoms with E-state index in [1.54, 1.807) is 4.90 Å². The highest BCUT2D eigenvalue weighted by molar-refractivity contribution is 7.80. The summed E-state index contributed by atoms with van der Waals surface area (Å²) >= 11 is 5.46. The van der Waals surface area contributed by atoms with Crippen LogP contribution in [0.15, 0.2) is 0 Å². The molecule has 1 aliphatic carbocycles. The SMILES string of the molecule is C#C[C@H]1C[NH+]2CC[C@H]1C[C@@H]2CNC(=S)NCC1CCCCC1. The summed E-state index contributed by atoms with van der Waals surface area (Å²) < 4.78 is 0. The normalized spacial score (nSPS) is 34.9. The molecule has 3 aliphatic heterocycles. The molecule has 22 heavy (non-hydrogen) atoms. The van der Waals surface area contributed by atoms with E-state index < -0.39 is 0 Å². The second-order valence-electron chi connectivity index (χ2n) is 7.46. The minimum Gasteiger partial charge on any atom is -0.362 e. The average Bonchev–Trinajstić information content (AvgIpc) is 2.59. The van der Waals surface area contributed by atoms with Crippen LogP contribution in [-0.4, -0.2) is 37.3 Å². The summed E-state index contributed by atoms with van der Waals surface area (Å²) in [7, 11) is 0. The molecule has 4 atom stereocenters. The van der Waals surface area contributed by atoms with Gasteiger partial charge in [-0.3, -0.25) is 0 Å². The van der Waals surface area contributed by atoms with Crippen molar-refractivity contribution in [2.75, 3.05) is 26.2 Å². The molecular formula is C18H30N3S+. The molecule has 2 bridgehead atoms. The topological polar surface area (TPSA) is 28.5 Å². The minimum absolute atomic E-state index is 0.511. The predicted octanol–water partition coefficient (Wildman–Crippen LogP) is 0.957. The average molecular weight is 321 g/mol. The van der Waals surface area contributed by atoms with Crippen LogP contribution in [0.4, 0.5) is 0 Å². The quantitative estimate of drug-likeness (QED) is 0.532. The summed E-state index contributed by atoms with van der Waals surface area (Å²) in [6.07, 6.45) is 15.2. The summed E-state index contributed by atoms with van der Waals surface area (Å²) in [4.78, 5) is 1.69. The molecule has 0 spiro atoms. The lowest BCUT2D eigenvalue weighted by Gasteiger charge is -2.45. The Bertz CT molecular complexity index is 425. The first-order valence-electron chi connectivity index (χ1n) is 9.08. The molecule has 3 N–H and O–H groups in total. The first kappa shape index (κ1) is 16.1. The van der Waals surface area contributed by atoms with Crippen LogP contribution in [0.2, 0.25) is 0 Å². The predicted molar refractivity (Wildman–Crippen MR) is 94.7 cm³/mol. The van der Waals surface area contributed by atoms with Gasteiger partial charge in [-0.1, -0.05) is 25.2 Å². The lowest BCUT2D eigenvalue weighted by atomic mass is 9.76. The molecule has 4 fully saturated rings. The molecule has 4 aliphatic rings. The Morgan fingerprint density at radius 3 is 2.59 bits per heavy atom. The van der Waals surface area contributed by atoms with Gasteiger partial charge < -0.3 is 15.5 Å². The van der Waals surface area contributed by atoms with E-state index in [1.807, 2.05) is 0 Å². The fraction of sp³-hybridized carbons (Fsp3) is 0.833. The number of piperidine rings is 3. The Hall–Kier alpha value is -0.790. The van der Waals surface area contributed by atoms with E-state index in [9.17, 15) is 0 Å². The van der Waals surface area contributed by atoms with Crippen molar-refractivity contribution in [1.82, 2.24) is 10.6 Å². The van der Waals surface area contributed by atoms with Crippen LogP contribution in [0.1, 0.15) is 44.9 Å². The highest BCUT2D eigenvalue weighted by Crippen LogP contribution is 2.26. The molecule has 0 aromatic carbocycles. The van der Waals surface area contributed by atoms with Crippen molar-refractivity contribution in [3.63, 3.8) is 0 Å². The van der Waals surface area contributed by atoms with E-state index in [0.717, 1.165) is 36.6 Å². The third-order valence-corrected chi connectivity index (χ3v) is 6.34. The van der Waals surface area contributed by atoms with Gasteiger partial charge in [0.2, 0.25) is 0 Å². The number of fused-ring (bicyclic) bond motifs is 3. The highest BCUT2D eigenvalue weighted by Gasteiger charge is 2.42. The van der Waals surface area contributed by atoms with Crippen molar-refractivity contribution in [3.8, 4) is 12.3 Å². The zero-order valence-corrected chi connectivity index (χ0v) is 14.4. The molecule has 3 nitrogen and oxygen atoms in total. The van der Waals surface area contributed by atoms with Crippen LogP contribution in [0.3, 0.4) is 0 Å². The fourth-order valence-electron chi connectivity index (χ4n) is 4.64. The summed E-state index contributed by atoms with van der Waals surface area (Å²) in [6, 6.07) is 0.692. The van der Waals surface area contributed by atoms with E-state index >= 15 is 0 Å². The standard InChI is InChI=1S/C18H29N3S/c1-2-15-13-21-9-8-16(15)10-17(21)12-20-18(22)19-11-14-6-4-3-5-7-14/h1,14-17H,3-13H2,(H2,19,20,22)/p+1/t15-,16-,17+/m0/s1. The molecule has 4 heteroatoms. The lowest BCUT2D eigenvalue weighted by molar-refractivity contribution is -0.943. The summed E-state index contributed by atoms with van der Waals surface area (Å²) in [5.74, 6) is 5.08. The van der Waals surface area contributed by atoms with E-state index in [2.05, 4.69) is 16.6 Å². The number of terminal acetylenes is 1. The number of hydrogen-bond acceptors (Lipinski definition) is 1. The lowest BCUT2D eigenvalue weighted by Crippen LogP contribution is -3.20. The van der Waals surface area contributed by atoms with Crippen LogP contribution in [0, 0.1) is 30.1 Å². The molecule has 0 aromatic heterocycles. The van der Waals surface area contributed by atoms with E-state index in [-0.39, 0.29) is 0 Å². The number of nitrogens with one attached hydrogen (secondary N) is 3. The first-order valence-corrected chi connectivity index (χ1v) is 9.49. The number of rotatable bonds is 4. The zero-order chi connectivity index (χ0) is 15.4. The largest absolute Gasteiger partial charge is 0.362 e. The number of hydrogen-bond donors (Lipinski definition) is 3.